The van der Waals surface area contributed by atoms with E-state index in [1.54, 1.807) is 0 Å². The van der Waals surface area contributed by atoms with Crippen molar-refractivity contribution in [3.8, 4) is 5.75 Å². The van der Waals surface area contributed by atoms with Crippen molar-refractivity contribution in [3.05, 3.63) is 71.8 Å². The Kier molecular flexibility index (Phi) is 4.66. The van der Waals surface area contributed by atoms with Gasteiger partial charge in [-0.3, -0.25) is 0 Å². The normalized spacial score (nSPS) is 10.4. The predicted molar refractivity (Wildman–Crippen MR) is 97.5 cm³/mol. The number of carbonyl (C=O) groups is 1. The van der Waals surface area contributed by atoms with Gasteiger partial charge in [0.15, 0.2) is 6.73 Å². The molecular formula is C20H20N2O2. The van der Waals surface area contributed by atoms with E-state index in [0.29, 0.717) is 0 Å². The molecule has 24 heavy (non-hydrogen) atoms. The van der Waals surface area contributed by atoms with Crippen molar-refractivity contribution in [1.82, 2.24) is 5.32 Å². The third-order valence-corrected chi connectivity index (χ3v) is 3.96. The molecule has 2 amide bonds. The Morgan fingerprint density at radius 1 is 0.917 bits per heavy atom. The van der Waals surface area contributed by atoms with Gasteiger partial charge in [0.25, 0.3) is 0 Å². The molecule has 3 rings (SSSR count). The number of ether oxygens (including phenoxy) is 1. The second-order valence-corrected chi connectivity index (χ2v) is 5.73. The van der Waals surface area contributed by atoms with Gasteiger partial charge in [0.2, 0.25) is 0 Å². The average molecular weight is 320 g/mol. The summed E-state index contributed by atoms with van der Waals surface area (Å²) >= 11 is 0. The van der Waals surface area contributed by atoms with Gasteiger partial charge in [-0.25, -0.2) is 4.79 Å². The standard InChI is InChI=1S/C20H20N2O2/c1-14-7-10-19(11-15(14)2)24-13-21-20(23)22-18-9-8-16-5-3-4-6-17(16)12-18/h3-12H,13H2,1-2H3,(H2,21,22,23). The minimum Gasteiger partial charge on any atom is -0.473 e. The maximum atomic E-state index is 12.0. The van der Waals surface area contributed by atoms with E-state index in [1.807, 2.05) is 74.5 Å². The molecule has 0 fully saturated rings. The highest BCUT2D eigenvalue weighted by Crippen LogP contribution is 2.19. The zero-order chi connectivity index (χ0) is 16.9. The van der Waals surface area contributed by atoms with Crippen molar-refractivity contribution in [2.75, 3.05) is 12.0 Å². The summed E-state index contributed by atoms with van der Waals surface area (Å²) in [7, 11) is 0. The Morgan fingerprint density at radius 3 is 2.50 bits per heavy atom. The number of hydrogen-bond acceptors (Lipinski definition) is 2. The Labute approximate surface area is 141 Å². The van der Waals surface area contributed by atoms with Crippen molar-refractivity contribution in [3.63, 3.8) is 0 Å². The molecule has 0 spiro atoms. The lowest BCUT2D eigenvalue weighted by Gasteiger charge is -2.11. The zero-order valence-electron chi connectivity index (χ0n) is 13.8. The highest BCUT2D eigenvalue weighted by Gasteiger charge is 2.03. The van der Waals surface area contributed by atoms with Gasteiger partial charge in [0.1, 0.15) is 5.75 Å². The van der Waals surface area contributed by atoms with Crippen LogP contribution in [0, 0.1) is 13.8 Å². The number of urea groups is 1. The van der Waals surface area contributed by atoms with Gasteiger partial charge in [0, 0.05) is 5.69 Å². The largest absolute Gasteiger partial charge is 0.473 e. The van der Waals surface area contributed by atoms with E-state index in [2.05, 4.69) is 10.6 Å². The van der Waals surface area contributed by atoms with Crippen molar-refractivity contribution in [2.45, 2.75) is 13.8 Å². The molecule has 0 saturated heterocycles. The number of carbonyl (C=O) groups excluding carboxylic acids is 1. The summed E-state index contributed by atoms with van der Waals surface area (Å²) in [6.45, 7) is 4.19. The molecule has 3 aromatic carbocycles. The van der Waals surface area contributed by atoms with Crippen LogP contribution in [-0.4, -0.2) is 12.8 Å². The fourth-order valence-corrected chi connectivity index (χ4v) is 2.43. The van der Waals surface area contributed by atoms with Crippen molar-refractivity contribution < 1.29 is 9.53 Å². The highest BCUT2D eigenvalue weighted by atomic mass is 16.5. The van der Waals surface area contributed by atoms with Gasteiger partial charge in [-0.15, -0.1) is 0 Å². The summed E-state index contributed by atoms with van der Waals surface area (Å²) < 4.78 is 5.55. The molecule has 0 aliphatic heterocycles. The number of rotatable bonds is 4. The Balaban J connectivity index is 1.53. The van der Waals surface area contributed by atoms with E-state index in [1.165, 1.54) is 5.56 Å². The fourth-order valence-electron chi connectivity index (χ4n) is 2.43. The number of anilines is 1. The van der Waals surface area contributed by atoms with Gasteiger partial charge in [-0.2, -0.15) is 0 Å². The molecular weight excluding hydrogens is 300 g/mol. The summed E-state index contributed by atoms with van der Waals surface area (Å²) in [5.74, 6) is 0.740. The lowest BCUT2D eigenvalue weighted by Crippen LogP contribution is -2.32. The minimum absolute atomic E-state index is 0.113. The van der Waals surface area contributed by atoms with E-state index in [4.69, 9.17) is 4.74 Å². The van der Waals surface area contributed by atoms with E-state index in [9.17, 15) is 4.79 Å². The monoisotopic (exact) mass is 320 g/mol. The van der Waals surface area contributed by atoms with E-state index in [0.717, 1.165) is 27.8 Å². The smallest absolute Gasteiger partial charge is 0.321 e. The van der Waals surface area contributed by atoms with Gasteiger partial charge in [-0.05, 0) is 60.0 Å². The Hall–Kier alpha value is -3.01. The fraction of sp³-hybridized carbons (Fsp3) is 0.150. The molecule has 0 saturated carbocycles. The topological polar surface area (TPSA) is 50.4 Å². The molecule has 0 aliphatic carbocycles. The third-order valence-electron chi connectivity index (χ3n) is 3.96. The van der Waals surface area contributed by atoms with Crippen LogP contribution in [0.2, 0.25) is 0 Å². The van der Waals surface area contributed by atoms with Crippen LogP contribution < -0.4 is 15.4 Å². The first-order chi connectivity index (χ1) is 11.6. The molecule has 0 radical (unpaired) electrons. The van der Waals surface area contributed by atoms with Crippen LogP contribution in [0.3, 0.4) is 0 Å². The summed E-state index contributed by atoms with van der Waals surface area (Å²) in [6.07, 6.45) is 0. The molecule has 0 unspecified atom stereocenters. The zero-order valence-corrected chi connectivity index (χ0v) is 13.8. The molecule has 0 heterocycles. The maximum absolute atomic E-state index is 12.0. The van der Waals surface area contributed by atoms with Crippen LogP contribution in [0.5, 0.6) is 5.75 Å². The molecule has 0 aliphatic rings. The van der Waals surface area contributed by atoms with Crippen molar-refractivity contribution >= 4 is 22.5 Å². The summed E-state index contributed by atoms with van der Waals surface area (Å²) in [5, 5.41) is 7.73. The van der Waals surface area contributed by atoms with Crippen molar-refractivity contribution in [2.24, 2.45) is 0 Å². The lowest BCUT2D eigenvalue weighted by molar-refractivity contribution is 0.234. The van der Waals surface area contributed by atoms with Crippen LogP contribution in [0.1, 0.15) is 11.1 Å². The Bertz CT molecular complexity index is 874. The predicted octanol–water partition coefficient (Wildman–Crippen LogP) is 4.61. The molecule has 122 valence electrons. The second-order valence-electron chi connectivity index (χ2n) is 5.73. The lowest BCUT2D eigenvalue weighted by atomic mass is 10.1. The van der Waals surface area contributed by atoms with Gasteiger partial charge in [-0.1, -0.05) is 36.4 Å². The van der Waals surface area contributed by atoms with Crippen LogP contribution in [0.25, 0.3) is 10.8 Å². The van der Waals surface area contributed by atoms with Gasteiger partial charge < -0.3 is 15.4 Å². The molecule has 4 heteroatoms. The van der Waals surface area contributed by atoms with E-state index in [-0.39, 0.29) is 12.8 Å². The number of fused-ring (bicyclic) bond motifs is 1. The first kappa shape index (κ1) is 15.9. The maximum Gasteiger partial charge on any atom is 0.321 e. The average Bonchev–Trinajstić information content (AvgIpc) is 2.58. The number of aryl methyl sites for hydroxylation is 2. The van der Waals surface area contributed by atoms with Crippen LogP contribution in [-0.2, 0) is 0 Å². The van der Waals surface area contributed by atoms with Crippen LogP contribution in [0.15, 0.2) is 60.7 Å². The first-order valence-electron chi connectivity index (χ1n) is 7.85. The molecule has 0 aromatic heterocycles. The summed E-state index contributed by atoms with van der Waals surface area (Å²) in [6, 6.07) is 19.4. The highest BCUT2D eigenvalue weighted by molar-refractivity contribution is 5.93. The molecule has 2 N–H and O–H groups in total. The number of benzene rings is 3. The molecule has 0 atom stereocenters. The Morgan fingerprint density at radius 2 is 1.71 bits per heavy atom. The molecule has 0 bridgehead atoms. The van der Waals surface area contributed by atoms with Gasteiger partial charge >= 0.3 is 6.03 Å². The minimum atomic E-state index is -0.297. The SMILES string of the molecule is Cc1ccc(OCNC(=O)Nc2ccc3ccccc3c2)cc1C. The summed E-state index contributed by atoms with van der Waals surface area (Å²) in [4.78, 5) is 12.0. The van der Waals surface area contributed by atoms with Crippen molar-refractivity contribution in [1.29, 1.82) is 0 Å². The van der Waals surface area contributed by atoms with E-state index < -0.39 is 0 Å². The quantitative estimate of drug-likeness (QED) is 0.689. The molecule has 4 nitrogen and oxygen atoms in total. The van der Waals surface area contributed by atoms with Crippen LogP contribution in [0.4, 0.5) is 10.5 Å². The first-order valence-corrected chi connectivity index (χ1v) is 7.85. The molecule has 3 aromatic rings. The van der Waals surface area contributed by atoms with Gasteiger partial charge in [0.05, 0.1) is 0 Å². The van der Waals surface area contributed by atoms with Crippen LogP contribution >= 0.6 is 0 Å². The van der Waals surface area contributed by atoms with E-state index >= 15 is 0 Å². The number of hydrogen-bond donors (Lipinski definition) is 2. The summed E-state index contributed by atoms with van der Waals surface area (Å²) in [5.41, 5.74) is 3.12. The second kappa shape index (κ2) is 7.04. The third kappa shape index (κ3) is 3.84. The number of amides is 2. The number of nitrogens with one attached hydrogen (secondary N) is 2.